The van der Waals surface area contributed by atoms with E-state index in [0.29, 0.717) is 18.0 Å². The fourth-order valence-corrected chi connectivity index (χ4v) is 4.53. The highest BCUT2D eigenvalue weighted by Gasteiger charge is 2.32. The van der Waals surface area contributed by atoms with E-state index in [1.165, 1.54) is 26.4 Å². The molecule has 8 nitrogen and oxygen atoms in total. The van der Waals surface area contributed by atoms with Crippen molar-refractivity contribution in [3.8, 4) is 17.2 Å². The summed E-state index contributed by atoms with van der Waals surface area (Å²) in [7, 11) is 0.614. The van der Waals surface area contributed by atoms with Gasteiger partial charge in [-0.3, -0.25) is 4.79 Å². The van der Waals surface area contributed by atoms with Crippen LogP contribution in [0.25, 0.3) is 0 Å². The van der Waals surface area contributed by atoms with Crippen LogP contribution in [0.5, 0.6) is 17.2 Å². The predicted octanol–water partition coefficient (Wildman–Crippen LogP) is 2.04. The van der Waals surface area contributed by atoms with Crippen molar-refractivity contribution in [2.75, 3.05) is 39.3 Å². The number of carbonyl (C=O) groups excluding carboxylic acids is 1. The molecule has 9 heteroatoms. The van der Waals surface area contributed by atoms with E-state index >= 15 is 0 Å². The molecule has 1 heterocycles. The highest BCUT2D eigenvalue weighted by atomic mass is 32.2. The fraction of sp³-hybridized carbons (Fsp3) is 0.350. The van der Waals surface area contributed by atoms with Crippen LogP contribution < -0.4 is 23.8 Å². The Balaban J connectivity index is 1.69. The lowest BCUT2D eigenvalue weighted by molar-refractivity contribution is -0.117. The van der Waals surface area contributed by atoms with Gasteiger partial charge in [0.25, 0.3) is 0 Å². The Bertz CT molecular complexity index is 975. The van der Waals surface area contributed by atoms with E-state index in [1.54, 1.807) is 30.2 Å². The van der Waals surface area contributed by atoms with Crippen LogP contribution in [-0.2, 0) is 14.8 Å². The number of hydrogen-bond donors (Lipinski definition) is 1. The van der Waals surface area contributed by atoms with Crippen LogP contribution in [0, 0.1) is 5.92 Å². The molecule has 0 aromatic heterocycles. The summed E-state index contributed by atoms with van der Waals surface area (Å²) >= 11 is 0. The maximum Gasteiger partial charge on any atom is 0.244 e. The number of benzene rings is 2. The van der Waals surface area contributed by atoms with Crippen molar-refractivity contribution < 1.29 is 27.4 Å². The summed E-state index contributed by atoms with van der Waals surface area (Å²) < 4.78 is 43.6. The first-order chi connectivity index (χ1) is 13.9. The van der Waals surface area contributed by atoms with Gasteiger partial charge in [0.1, 0.15) is 22.1 Å². The minimum Gasteiger partial charge on any atom is -0.497 e. The average Bonchev–Trinajstić information content (AvgIpc) is 3.12. The summed E-state index contributed by atoms with van der Waals surface area (Å²) in [5.41, 5.74) is 0.760. The zero-order valence-corrected chi connectivity index (χ0v) is 17.4. The van der Waals surface area contributed by atoms with Crippen molar-refractivity contribution in [2.45, 2.75) is 11.3 Å². The standard InChI is InChI=1S/C20H24N2O6S/c1-26-16-6-4-15(5-7-16)22-13-14(10-20(22)23)12-21-29(24,25)19-11-17(27-2)8-9-18(19)28-3/h4-9,11,14,21H,10,12-13H2,1-3H3. The molecule has 1 unspecified atom stereocenters. The molecule has 1 aliphatic rings. The van der Waals surface area contributed by atoms with E-state index in [1.807, 2.05) is 12.1 Å². The third kappa shape index (κ3) is 4.63. The summed E-state index contributed by atoms with van der Waals surface area (Å²) in [6, 6.07) is 11.8. The first kappa shape index (κ1) is 20.9. The van der Waals surface area contributed by atoms with Gasteiger partial charge in [-0.05, 0) is 42.3 Å². The van der Waals surface area contributed by atoms with Crippen LogP contribution in [0.2, 0.25) is 0 Å². The molecule has 0 spiro atoms. The van der Waals surface area contributed by atoms with Crippen molar-refractivity contribution in [1.82, 2.24) is 4.72 Å². The minimum absolute atomic E-state index is 0.00400. The topological polar surface area (TPSA) is 94.2 Å². The maximum absolute atomic E-state index is 12.8. The first-order valence-corrected chi connectivity index (χ1v) is 10.5. The number of methoxy groups -OCH3 is 3. The normalized spacial score (nSPS) is 16.7. The molecule has 156 valence electrons. The molecule has 0 aliphatic carbocycles. The number of sulfonamides is 1. The van der Waals surface area contributed by atoms with E-state index in [0.717, 1.165) is 5.69 Å². The molecule has 1 N–H and O–H groups in total. The lowest BCUT2D eigenvalue weighted by Crippen LogP contribution is -2.31. The van der Waals surface area contributed by atoms with E-state index in [4.69, 9.17) is 14.2 Å². The summed E-state index contributed by atoms with van der Waals surface area (Å²) in [4.78, 5) is 14.1. The number of rotatable bonds is 8. The van der Waals surface area contributed by atoms with Gasteiger partial charge in [0.15, 0.2) is 0 Å². The third-order valence-electron chi connectivity index (χ3n) is 4.81. The van der Waals surface area contributed by atoms with Crippen LogP contribution in [0.1, 0.15) is 6.42 Å². The molecule has 2 aromatic carbocycles. The largest absolute Gasteiger partial charge is 0.497 e. The number of nitrogens with one attached hydrogen (secondary N) is 1. The Kier molecular flexibility index (Phi) is 6.29. The molecule has 0 radical (unpaired) electrons. The Morgan fingerprint density at radius 2 is 1.66 bits per heavy atom. The highest BCUT2D eigenvalue weighted by molar-refractivity contribution is 7.89. The number of hydrogen-bond acceptors (Lipinski definition) is 6. The van der Waals surface area contributed by atoms with Crippen LogP contribution in [0.4, 0.5) is 5.69 Å². The van der Waals surface area contributed by atoms with Crippen molar-refractivity contribution in [2.24, 2.45) is 5.92 Å². The van der Waals surface area contributed by atoms with Gasteiger partial charge in [0.05, 0.1) is 21.3 Å². The molecule has 0 saturated carbocycles. The van der Waals surface area contributed by atoms with Crippen LogP contribution in [0.15, 0.2) is 47.4 Å². The number of ether oxygens (including phenoxy) is 3. The molecule has 29 heavy (non-hydrogen) atoms. The van der Waals surface area contributed by atoms with E-state index in [2.05, 4.69) is 4.72 Å². The van der Waals surface area contributed by atoms with Gasteiger partial charge < -0.3 is 19.1 Å². The van der Waals surface area contributed by atoms with Crippen LogP contribution in [-0.4, -0.2) is 48.7 Å². The Labute approximate surface area is 170 Å². The quantitative estimate of drug-likeness (QED) is 0.702. The zero-order valence-electron chi connectivity index (χ0n) is 16.5. The highest BCUT2D eigenvalue weighted by Crippen LogP contribution is 2.29. The summed E-state index contributed by atoms with van der Waals surface area (Å²) in [5, 5.41) is 0. The Morgan fingerprint density at radius 1 is 1.00 bits per heavy atom. The molecular weight excluding hydrogens is 396 g/mol. The molecule has 1 amide bonds. The van der Waals surface area contributed by atoms with Crippen molar-refractivity contribution in [3.05, 3.63) is 42.5 Å². The van der Waals surface area contributed by atoms with Crippen molar-refractivity contribution >= 4 is 21.6 Å². The lowest BCUT2D eigenvalue weighted by atomic mass is 10.1. The zero-order chi connectivity index (χ0) is 21.0. The number of carbonyl (C=O) groups is 1. The number of nitrogens with zero attached hydrogens (tertiary/aromatic N) is 1. The predicted molar refractivity (Wildman–Crippen MR) is 108 cm³/mol. The van der Waals surface area contributed by atoms with Gasteiger partial charge in [-0.15, -0.1) is 0 Å². The summed E-state index contributed by atoms with van der Waals surface area (Å²) in [5.74, 6) is 1.15. The molecular formula is C20H24N2O6S. The fourth-order valence-electron chi connectivity index (χ4n) is 3.23. The molecule has 1 saturated heterocycles. The van der Waals surface area contributed by atoms with Gasteiger partial charge in [-0.2, -0.15) is 0 Å². The second kappa shape index (κ2) is 8.71. The second-order valence-electron chi connectivity index (χ2n) is 6.64. The molecule has 1 fully saturated rings. The Hall–Kier alpha value is -2.78. The van der Waals surface area contributed by atoms with Gasteiger partial charge in [-0.25, -0.2) is 13.1 Å². The average molecular weight is 420 g/mol. The lowest BCUT2D eigenvalue weighted by Gasteiger charge is -2.17. The number of amides is 1. The molecule has 1 atom stereocenters. The number of anilines is 1. The van der Waals surface area contributed by atoms with E-state index < -0.39 is 10.0 Å². The first-order valence-electron chi connectivity index (χ1n) is 9.04. The SMILES string of the molecule is COc1ccc(N2CC(CNS(=O)(=O)c3cc(OC)ccc3OC)CC2=O)cc1. The van der Waals surface area contributed by atoms with Gasteiger partial charge in [0.2, 0.25) is 15.9 Å². The molecule has 0 bridgehead atoms. The smallest absolute Gasteiger partial charge is 0.244 e. The minimum atomic E-state index is -3.83. The van der Waals surface area contributed by atoms with Crippen molar-refractivity contribution in [1.29, 1.82) is 0 Å². The second-order valence-corrected chi connectivity index (χ2v) is 8.38. The summed E-state index contributed by atoms with van der Waals surface area (Å²) in [6.07, 6.45) is 0.268. The summed E-state index contributed by atoms with van der Waals surface area (Å²) in [6.45, 7) is 0.573. The van der Waals surface area contributed by atoms with Crippen LogP contribution in [0.3, 0.4) is 0 Å². The monoisotopic (exact) mass is 420 g/mol. The Morgan fingerprint density at radius 3 is 2.28 bits per heavy atom. The van der Waals surface area contributed by atoms with Crippen molar-refractivity contribution in [3.63, 3.8) is 0 Å². The molecule has 1 aliphatic heterocycles. The van der Waals surface area contributed by atoms with Gasteiger partial charge in [0, 0.05) is 31.3 Å². The van der Waals surface area contributed by atoms with Gasteiger partial charge in [-0.1, -0.05) is 0 Å². The van der Waals surface area contributed by atoms with E-state index in [-0.39, 0.29) is 35.4 Å². The maximum atomic E-state index is 12.8. The molecule has 2 aromatic rings. The van der Waals surface area contributed by atoms with Crippen LogP contribution >= 0.6 is 0 Å². The van der Waals surface area contributed by atoms with Gasteiger partial charge >= 0.3 is 0 Å². The molecule has 3 rings (SSSR count). The van der Waals surface area contributed by atoms with E-state index in [9.17, 15) is 13.2 Å². The third-order valence-corrected chi connectivity index (χ3v) is 6.26.